The molecular formula is C16H21Cl2N. The highest BCUT2D eigenvalue weighted by Gasteiger charge is 2.58. The van der Waals surface area contributed by atoms with Gasteiger partial charge in [-0.3, -0.25) is 0 Å². The molecule has 19 heavy (non-hydrogen) atoms. The Labute approximate surface area is 125 Å². The van der Waals surface area contributed by atoms with Gasteiger partial charge in [-0.15, -0.1) is 0 Å². The van der Waals surface area contributed by atoms with Crippen LogP contribution < -0.4 is 5.32 Å². The minimum Gasteiger partial charge on any atom is -0.315 e. The van der Waals surface area contributed by atoms with E-state index >= 15 is 0 Å². The molecule has 3 rings (SSSR count). The molecule has 1 aliphatic heterocycles. The third-order valence-corrected chi connectivity index (χ3v) is 6.26. The predicted molar refractivity (Wildman–Crippen MR) is 82.1 cm³/mol. The lowest BCUT2D eigenvalue weighted by Crippen LogP contribution is -2.38. The van der Waals surface area contributed by atoms with Crippen LogP contribution in [-0.4, -0.2) is 13.1 Å². The topological polar surface area (TPSA) is 12.0 Å². The monoisotopic (exact) mass is 297 g/mol. The van der Waals surface area contributed by atoms with E-state index in [1.807, 2.05) is 6.07 Å². The van der Waals surface area contributed by atoms with Gasteiger partial charge in [0.1, 0.15) is 0 Å². The Morgan fingerprint density at radius 2 is 2.00 bits per heavy atom. The molecule has 0 bridgehead atoms. The van der Waals surface area contributed by atoms with Gasteiger partial charge in [0, 0.05) is 18.5 Å². The molecule has 1 saturated heterocycles. The van der Waals surface area contributed by atoms with Gasteiger partial charge in [-0.2, -0.15) is 0 Å². The molecule has 1 unspecified atom stereocenters. The van der Waals surface area contributed by atoms with Gasteiger partial charge in [0.05, 0.1) is 10.0 Å². The largest absolute Gasteiger partial charge is 0.315 e. The van der Waals surface area contributed by atoms with Crippen molar-refractivity contribution in [2.75, 3.05) is 13.1 Å². The van der Waals surface area contributed by atoms with Crippen molar-refractivity contribution in [1.29, 1.82) is 0 Å². The van der Waals surface area contributed by atoms with E-state index in [-0.39, 0.29) is 5.41 Å². The number of halogens is 2. The SMILES string of the molecule is CCC1C[C@]2(C)CNC[C@]2(c2ccc(Cl)c(Cl)c2)C1. The molecule has 1 saturated carbocycles. The molecule has 1 heterocycles. The van der Waals surface area contributed by atoms with Crippen molar-refractivity contribution in [3.63, 3.8) is 0 Å². The standard InChI is InChI=1S/C16H21Cl2N/c1-3-11-7-15(2)9-19-10-16(15,8-11)12-4-5-13(17)14(18)6-12/h4-6,11,19H,3,7-10H2,1-2H3/t11?,15-,16+/m1/s1. The smallest absolute Gasteiger partial charge is 0.0595 e. The molecule has 1 nitrogen and oxygen atoms in total. The van der Waals surface area contributed by atoms with E-state index in [1.54, 1.807) is 0 Å². The number of hydrogen-bond acceptors (Lipinski definition) is 1. The molecule has 104 valence electrons. The molecule has 0 radical (unpaired) electrons. The minimum absolute atomic E-state index is 0.238. The van der Waals surface area contributed by atoms with Crippen LogP contribution in [0.4, 0.5) is 0 Å². The van der Waals surface area contributed by atoms with E-state index in [2.05, 4.69) is 31.3 Å². The first-order valence-electron chi connectivity index (χ1n) is 7.17. The lowest BCUT2D eigenvalue weighted by atomic mass is 9.65. The zero-order chi connectivity index (χ0) is 13.7. The summed E-state index contributed by atoms with van der Waals surface area (Å²) in [5.41, 5.74) is 1.96. The van der Waals surface area contributed by atoms with Gasteiger partial charge in [-0.05, 0) is 41.9 Å². The quantitative estimate of drug-likeness (QED) is 0.837. The molecule has 1 N–H and O–H groups in total. The van der Waals surface area contributed by atoms with Gasteiger partial charge < -0.3 is 5.32 Å². The molecule has 0 spiro atoms. The van der Waals surface area contributed by atoms with Gasteiger partial charge in [0.25, 0.3) is 0 Å². The fourth-order valence-corrected chi connectivity index (χ4v) is 4.67. The highest BCUT2D eigenvalue weighted by Crippen LogP contribution is 2.59. The van der Waals surface area contributed by atoms with Gasteiger partial charge in [-0.25, -0.2) is 0 Å². The van der Waals surface area contributed by atoms with Gasteiger partial charge in [0.15, 0.2) is 0 Å². The summed E-state index contributed by atoms with van der Waals surface area (Å²) < 4.78 is 0. The molecule has 1 aliphatic carbocycles. The average molecular weight is 298 g/mol. The van der Waals surface area contributed by atoms with E-state index in [1.165, 1.54) is 24.8 Å². The molecule has 0 amide bonds. The summed E-state index contributed by atoms with van der Waals surface area (Å²) in [7, 11) is 0. The van der Waals surface area contributed by atoms with Crippen LogP contribution in [0.1, 0.15) is 38.7 Å². The second-order valence-electron chi connectivity index (χ2n) is 6.56. The Morgan fingerprint density at radius 3 is 2.68 bits per heavy atom. The number of benzene rings is 1. The van der Waals surface area contributed by atoms with Gasteiger partial charge in [0.2, 0.25) is 0 Å². The van der Waals surface area contributed by atoms with Crippen LogP contribution in [0.5, 0.6) is 0 Å². The van der Waals surface area contributed by atoms with E-state index in [0.717, 1.165) is 19.0 Å². The van der Waals surface area contributed by atoms with Crippen LogP contribution in [0.2, 0.25) is 10.0 Å². The van der Waals surface area contributed by atoms with Gasteiger partial charge in [-0.1, -0.05) is 49.5 Å². The molecule has 3 heteroatoms. The van der Waals surface area contributed by atoms with E-state index < -0.39 is 0 Å². The summed E-state index contributed by atoms with van der Waals surface area (Å²) in [5, 5.41) is 4.94. The van der Waals surface area contributed by atoms with E-state index in [4.69, 9.17) is 23.2 Å². The first kappa shape index (κ1) is 13.7. The fraction of sp³-hybridized carbons (Fsp3) is 0.625. The van der Waals surface area contributed by atoms with Crippen molar-refractivity contribution >= 4 is 23.2 Å². The Bertz CT molecular complexity index is 502. The van der Waals surface area contributed by atoms with Crippen molar-refractivity contribution in [3.05, 3.63) is 33.8 Å². The van der Waals surface area contributed by atoms with E-state index in [0.29, 0.717) is 15.5 Å². The summed E-state index contributed by atoms with van der Waals surface area (Å²) >= 11 is 12.3. The summed E-state index contributed by atoms with van der Waals surface area (Å²) in [5.74, 6) is 0.835. The first-order valence-corrected chi connectivity index (χ1v) is 7.93. The molecule has 3 atom stereocenters. The third-order valence-electron chi connectivity index (χ3n) is 5.52. The van der Waals surface area contributed by atoms with Crippen LogP contribution in [-0.2, 0) is 5.41 Å². The van der Waals surface area contributed by atoms with Crippen LogP contribution in [0.15, 0.2) is 18.2 Å². The molecular weight excluding hydrogens is 277 g/mol. The Balaban J connectivity index is 2.07. The second-order valence-corrected chi connectivity index (χ2v) is 7.37. The summed E-state index contributed by atoms with van der Waals surface area (Å²) in [6, 6.07) is 6.22. The summed E-state index contributed by atoms with van der Waals surface area (Å²) in [6.07, 6.45) is 3.86. The van der Waals surface area contributed by atoms with Crippen LogP contribution in [0, 0.1) is 11.3 Å². The Kier molecular flexibility index (Phi) is 3.36. The van der Waals surface area contributed by atoms with Crippen molar-refractivity contribution in [2.45, 2.75) is 38.5 Å². The highest BCUT2D eigenvalue weighted by atomic mass is 35.5. The summed E-state index contributed by atoms with van der Waals surface area (Å²) in [6.45, 7) is 6.93. The fourth-order valence-electron chi connectivity index (χ4n) is 4.37. The highest BCUT2D eigenvalue weighted by molar-refractivity contribution is 6.42. The number of rotatable bonds is 2. The van der Waals surface area contributed by atoms with Crippen molar-refractivity contribution in [2.24, 2.45) is 11.3 Å². The molecule has 2 aliphatic rings. The molecule has 2 fully saturated rings. The maximum Gasteiger partial charge on any atom is 0.0595 e. The third kappa shape index (κ3) is 1.93. The van der Waals surface area contributed by atoms with Crippen molar-refractivity contribution in [1.82, 2.24) is 5.32 Å². The molecule has 1 aromatic carbocycles. The zero-order valence-electron chi connectivity index (χ0n) is 11.6. The maximum absolute atomic E-state index is 6.24. The lowest BCUT2D eigenvalue weighted by Gasteiger charge is -2.37. The average Bonchev–Trinajstić information content (AvgIpc) is 2.83. The lowest BCUT2D eigenvalue weighted by molar-refractivity contribution is 0.251. The molecule has 1 aromatic rings. The number of nitrogens with one attached hydrogen (secondary N) is 1. The zero-order valence-corrected chi connectivity index (χ0v) is 13.1. The van der Waals surface area contributed by atoms with Crippen molar-refractivity contribution < 1.29 is 0 Å². The summed E-state index contributed by atoms with van der Waals surface area (Å²) in [4.78, 5) is 0. The van der Waals surface area contributed by atoms with Crippen LogP contribution in [0.3, 0.4) is 0 Å². The first-order chi connectivity index (χ1) is 9.01. The van der Waals surface area contributed by atoms with E-state index in [9.17, 15) is 0 Å². The molecule has 0 aromatic heterocycles. The maximum atomic E-state index is 6.24. The minimum atomic E-state index is 0.238. The number of fused-ring (bicyclic) bond motifs is 1. The van der Waals surface area contributed by atoms with Gasteiger partial charge >= 0.3 is 0 Å². The second kappa shape index (κ2) is 4.65. The van der Waals surface area contributed by atoms with Crippen molar-refractivity contribution in [3.8, 4) is 0 Å². The van der Waals surface area contributed by atoms with Crippen LogP contribution in [0.25, 0.3) is 0 Å². The Hall–Kier alpha value is -0.240. The Morgan fingerprint density at radius 1 is 1.21 bits per heavy atom. The normalized spacial score (nSPS) is 37.6. The van der Waals surface area contributed by atoms with Crippen LogP contribution >= 0.6 is 23.2 Å². The predicted octanol–water partition coefficient (Wildman–Crippen LogP) is 4.66. The number of hydrogen-bond donors (Lipinski definition) is 1.